The van der Waals surface area contributed by atoms with Crippen LogP contribution in [-0.2, 0) is 19.1 Å². The van der Waals surface area contributed by atoms with Gasteiger partial charge in [0.05, 0.1) is 36.8 Å². The number of nitrogens with zero attached hydrogens (tertiary/aromatic N) is 3. The number of nitriles is 1. The fourth-order valence-electron chi connectivity index (χ4n) is 3.78. The highest BCUT2D eigenvalue weighted by Crippen LogP contribution is 2.31. The van der Waals surface area contributed by atoms with Crippen LogP contribution in [0.25, 0.3) is 0 Å². The van der Waals surface area contributed by atoms with Crippen LogP contribution < -0.4 is 15.1 Å². The van der Waals surface area contributed by atoms with Crippen molar-refractivity contribution in [1.82, 2.24) is 5.32 Å². The summed E-state index contributed by atoms with van der Waals surface area (Å²) in [4.78, 5) is 38.6. The SMILES string of the molecule is CCOC(=O)C(C#N)=C1CCN(c2ccc(N3CC(CNC(=O)CS)OC3=O)cc2F)CC1. The zero-order valence-electron chi connectivity index (χ0n) is 18.2. The molecule has 2 saturated heterocycles. The first-order valence-corrected chi connectivity index (χ1v) is 11.2. The van der Waals surface area contributed by atoms with E-state index in [4.69, 9.17) is 9.47 Å². The van der Waals surface area contributed by atoms with Gasteiger partial charge in [0.1, 0.15) is 23.6 Å². The molecule has 0 aromatic heterocycles. The molecule has 0 aliphatic carbocycles. The maximum Gasteiger partial charge on any atom is 0.414 e. The van der Waals surface area contributed by atoms with E-state index in [0.717, 1.165) is 0 Å². The van der Waals surface area contributed by atoms with Crippen molar-refractivity contribution < 1.29 is 28.2 Å². The number of hydrogen-bond donors (Lipinski definition) is 2. The number of cyclic esters (lactones) is 1. The summed E-state index contributed by atoms with van der Waals surface area (Å²) in [7, 11) is 0. The van der Waals surface area contributed by atoms with Crippen molar-refractivity contribution >= 4 is 42.0 Å². The number of carbonyl (C=O) groups excluding carboxylic acids is 3. The Morgan fingerprint density at radius 2 is 2.09 bits per heavy atom. The number of rotatable bonds is 7. The molecule has 1 unspecified atom stereocenters. The number of piperidine rings is 1. The van der Waals surface area contributed by atoms with E-state index in [-0.39, 0.29) is 36.9 Å². The molecule has 2 fully saturated rings. The first-order chi connectivity index (χ1) is 15.9. The Morgan fingerprint density at radius 1 is 1.36 bits per heavy atom. The minimum Gasteiger partial charge on any atom is -0.462 e. The lowest BCUT2D eigenvalue weighted by molar-refractivity contribution is -0.138. The van der Waals surface area contributed by atoms with Gasteiger partial charge in [0, 0.05) is 13.1 Å². The standard InChI is InChI=1S/C22H25FN4O5S/c1-2-31-21(29)17(10-24)14-5-7-26(8-6-14)19-4-3-15(9-18(19)23)27-12-16(32-22(27)30)11-25-20(28)13-33/h3-4,9,16,33H,2,5-8,11-13H2,1H3,(H,25,28). The van der Waals surface area contributed by atoms with Crippen molar-refractivity contribution in [2.45, 2.75) is 25.9 Å². The van der Waals surface area contributed by atoms with Gasteiger partial charge in [-0.25, -0.2) is 14.0 Å². The quantitative estimate of drug-likeness (QED) is 0.269. The van der Waals surface area contributed by atoms with E-state index in [1.165, 1.54) is 11.0 Å². The Bertz CT molecular complexity index is 999. The molecule has 1 N–H and O–H groups in total. The Hall–Kier alpha value is -3.26. The van der Waals surface area contributed by atoms with Crippen LogP contribution in [-0.4, -0.2) is 62.6 Å². The van der Waals surface area contributed by atoms with E-state index in [1.807, 2.05) is 11.0 Å². The lowest BCUT2D eigenvalue weighted by atomic mass is 9.98. The average Bonchev–Trinajstić information content (AvgIpc) is 3.19. The third kappa shape index (κ3) is 5.76. The maximum absolute atomic E-state index is 14.9. The lowest BCUT2D eigenvalue weighted by Crippen LogP contribution is -2.35. The van der Waals surface area contributed by atoms with Gasteiger partial charge in [-0.15, -0.1) is 0 Å². The molecule has 0 saturated carbocycles. The second-order valence-corrected chi connectivity index (χ2v) is 7.83. The van der Waals surface area contributed by atoms with Crippen molar-refractivity contribution in [2.24, 2.45) is 0 Å². The van der Waals surface area contributed by atoms with Gasteiger partial charge in [-0.3, -0.25) is 9.69 Å². The Morgan fingerprint density at radius 3 is 2.70 bits per heavy atom. The Balaban J connectivity index is 1.65. The summed E-state index contributed by atoms with van der Waals surface area (Å²) in [6, 6.07) is 6.43. The van der Waals surface area contributed by atoms with E-state index in [9.17, 15) is 24.0 Å². The minimum atomic E-state index is -0.625. The average molecular weight is 477 g/mol. The minimum absolute atomic E-state index is 0.0278. The highest BCUT2D eigenvalue weighted by atomic mass is 32.1. The van der Waals surface area contributed by atoms with Crippen molar-refractivity contribution in [1.29, 1.82) is 5.26 Å². The van der Waals surface area contributed by atoms with E-state index in [1.54, 1.807) is 19.1 Å². The molecule has 33 heavy (non-hydrogen) atoms. The first-order valence-electron chi connectivity index (χ1n) is 10.6. The van der Waals surface area contributed by atoms with E-state index in [2.05, 4.69) is 17.9 Å². The van der Waals surface area contributed by atoms with Gasteiger partial charge in [-0.05, 0) is 43.5 Å². The van der Waals surface area contributed by atoms with Crippen LogP contribution in [0.15, 0.2) is 29.3 Å². The number of amides is 2. The molecule has 2 aliphatic rings. The number of halogens is 1. The molecule has 2 heterocycles. The fraction of sp³-hybridized carbons (Fsp3) is 0.455. The molecule has 0 radical (unpaired) electrons. The number of benzene rings is 1. The van der Waals surface area contributed by atoms with Crippen LogP contribution in [0.4, 0.5) is 20.6 Å². The third-order valence-electron chi connectivity index (χ3n) is 5.44. The van der Waals surface area contributed by atoms with Crippen LogP contribution in [0.5, 0.6) is 0 Å². The van der Waals surface area contributed by atoms with Crippen LogP contribution in [0.2, 0.25) is 0 Å². The highest BCUT2D eigenvalue weighted by molar-refractivity contribution is 7.81. The predicted molar refractivity (Wildman–Crippen MR) is 122 cm³/mol. The summed E-state index contributed by atoms with van der Waals surface area (Å²) in [5.41, 5.74) is 1.47. The van der Waals surface area contributed by atoms with Gasteiger partial charge in [0.25, 0.3) is 0 Å². The van der Waals surface area contributed by atoms with Gasteiger partial charge >= 0.3 is 12.1 Å². The highest BCUT2D eigenvalue weighted by Gasteiger charge is 2.33. The van der Waals surface area contributed by atoms with Gasteiger partial charge in [0.15, 0.2) is 0 Å². The van der Waals surface area contributed by atoms with Crippen LogP contribution >= 0.6 is 12.6 Å². The topological polar surface area (TPSA) is 112 Å². The van der Waals surface area contributed by atoms with Gasteiger partial charge in [0.2, 0.25) is 5.91 Å². The molecule has 3 rings (SSSR count). The molecule has 0 bridgehead atoms. The number of carbonyl (C=O) groups is 3. The molecular formula is C22H25FN4O5S. The molecular weight excluding hydrogens is 451 g/mol. The summed E-state index contributed by atoms with van der Waals surface area (Å²) in [5.74, 6) is -1.36. The number of esters is 1. The zero-order chi connectivity index (χ0) is 24.0. The molecule has 2 amide bonds. The van der Waals surface area contributed by atoms with Crippen LogP contribution in [0.1, 0.15) is 19.8 Å². The second kappa shape index (κ2) is 11.0. The van der Waals surface area contributed by atoms with Crippen LogP contribution in [0, 0.1) is 17.1 Å². The third-order valence-corrected chi connectivity index (χ3v) is 5.73. The van der Waals surface area contributed by atoms with Gasteiger partial charge in [-0.1, -0.05) is 0 Å². The fourth-order valence-corrected chi connectivity index (χ4v) is 3.89. The number of thiol groups is 1. The Kier molecular flexibility index (Phi) is 8.16. The normalized spacial score (nSPS) is 17.9. The summed E-state index contributed by atoms with van der Waals surface area (Å²) < 4.78 is 25.1. The van der Waals surface area contributed by atoms with Crippen LogP contribution in [0.3, 0.4) is 0 Å². The van der Waals surface area contributed by atoms with Crippen molar-refractivity contribution in [3.05, 3.63) is 35.2 Å². The number of ether oxygens (including phenoxy) is 2. The molecule has 1 aromatic carbocycles. The monoisotopic (exact) mass is 476 g/mol. The van der Waals surface area contributed by atoms with Gasteiger partial charge in [-0.2, -0.15) is 17.9 Å². The van der Waals surface area contributed by atoms with E-state index in [0.29, 0.717) is 42.9 Å². The predicted octanol–water partition coefficient (Wildman–Crippen LogP) is 2.18. The smallest absolute Gasteiger partial charge is 0.414 e. The zero-order valence-corrected chi connectivity index (χ0v) is 19.1. The molecule has 9 nitrogen and oxygen atoms in total. The maximum atomic E-state index is 14.9. The second-order valence-electron chi connectivity index (χ2n) is 7.51. The number of anilines is 2. The molecule has 176 valence electrons. The summed E-state index contributed by atoms with van der Waals surface area (Å²) in [5, 5.41) is 11.9. The lowest BCUT2D eigenvalue weighted by Gasteiger charge is -2.31. The Labute approximate surface area is 196 Å². The van der Waals surface area contributed by atoms with E-state index < -0.39 is 24.0 Å². The molecule has 2 aliphatic heterocycles. The first kappa shape index (κ1) is 24.4. The van der Waals surface area contributed by atoms with Crippen molar-refractivity contribution in [2.75, 3.05) is 48.3 Å². The molecule has 0 spiro atoms. The molecule has 1 atom stereocenters. The van der Waals surface area contributed by atoms with E-state index >= 15 is 0 Å². The summed E-state index contributed by atoms with van der Waals surface area (Å²) >= 11 is 3.87. The van der Waals surface area contributed by atoms with Gasteiger partial charge < -0.3 is 19.7 Å². The number of nitrogens with one attached hydrogen (secondary N) is 1. The summed E-state index contributed by atoms with van der Waals surface area (Å²) in [6.45, 7) is 3.09. The van der Waals surface area contributed by atoms with Crippen molar-refractivity contribution in [3.8, 4) is 6.07 Å². The van der Waals surface area contributed by atoms with Crippen molar-refractivity contribution in [3.63, 3.8) is 0 Å². The summed E-state index contributed by atoms with van der Waals surface area (Å²) in [6.07, 6.45) is -0.254. The number of hydrogen-bond acceptors (Lipinski definition) is 8. The molecule has 11 heteroatoms. The largest absolute Gasteiger partial charge is 0.462 e. The molecule has 1 aromatic rings.